The van der Waals surface area contributed by atoms with Crippen LogP contribution < -0.4 is 0 Å². The van der Waals surface area contributed by atoms with Crippen LogP contribution in [0.5, 0.6) is 0 Å². The first kappa shape index (κ1) is 15.5. The van der Waals surface area contributed by atoms with Crippen LogP contribution in [0.2, 0.25) is 0 Å². The largest absolute Gasteiger partial charge is 0.366 e. The molecule has 22 heavy (non-hydrogen) atoms. The fourth-order valence-electron chi connectivity index (χ4n) is 2.44. The van der Waals surface area contributed by atoms with E-state index in [1.54, 1.807) is 18.0 Å². The van der Waals surface area contributed by atoms with Crippen molar-refractivity contribution in [1.82, 2.24) is 9.88 Å². The summed E-state index contributed by atoms with van der Waals surface area (Å²) in [4.78, 5) is 10.7. The van der Waals surface area contributed by atoms with Crippen molar-refractivity contribution >= 4 is 38.7 Å². The Bertz CT molecular complexity index is 678. The summed E-state index contributed by atoms with van der Waals surface area (Å²) in [6, 6.07) is 13.4. The topological polar surface area (TPSA) is 48.7 Å². The minimum Gasteiger partial charge on any atom is -0.366 e. The highest BCUT2D eigenvalue weighted by atomic mass is 79.9. The molecule has 0 spiro atoms. The van der Waals surface area contributed by atoms with Crippen molar-refractivity contribution in [2.24, 2.45) is 4.99 Å². The second-order valence-electron chi connectivity index (χ2n) is 4.94. The number of aliphatic imine (C=N–C) groups is 1. The minimum atomic E-state index is -1.03. The molecule has 0 radical (unpaired) electrons. The smallest absolute Gasteiger partial charge is 0.175 e. The van der Waals surface area contributed by atoms with Crippen LogP contribution in [-0.2, 0) is 5.72 Å². The number of rotatable bonds is 3. The maximum atomic E-state index is 11.2. The fraction of sp³-hybridized carbons (Fsp3) is 0.250. The Morgan fingerprint density at radius 2 is 2.09 bits per heavy atom. The molecule has 1 aromatic carbocycles. The zero-order valence-electron chi connectivity index (χ0n) is 12.1. The molecule has 1 saturated heterocycles. The summed E-state index contributed by atoms with van der Waals surface area (Å²) in [6.07, 6.45) is 1.72. The van der Waals surface area contributed by atoms with Crippen molar-refractivity contribution in [2.75, 3.05) is 12.3 Å². The van der Waals surface area contributed by atoms with Crippen molar-refractivity contribution in [3.8, 4) is 0 Å². The highest BCUT2D eigenvalue weighted by Crippen LogP contribution is 2.39. The van der Waals surface area contributed by atoms with E-state index in [1.165, 1.54) is 0 Å². The number of halogens is 1. The molecule has 1 N–H and O–H groups in total. The van der Waals surface area contributed by atoms with E-state index >= 15 is 0 Å². The number of hydrogen-bond acceptors (Lipinski definition) is 4. The molecule has 1 unspecified atom stereocenters. The fourth-order valence-corrected chi connectivity index (χ4v) is 3.95. The molecule has 4 nitrogen and oxygen atoms in total. The van der Waals surface area contributed by atoms with Gasteiger partial charge in [0.25, 0.3) is 0 Å². The molecule has 1 atom stereocenters. The Labute approximate surface area is 142 Å². The molecule has 1 aliphatic rings. The molecule has 1 aromatic heterocycles. The number of aliphatic hydroxyl groups is 1. The van der Waals surface area contributed by atoms with Crippen LogP contribution in [0.15, 0.2) is 58.1 Å². The number of thioether (sulfide) groups is 1. The van der Waals surface area contributed by atoms with E-state index in [2.05, 4.69) is 25.9 Å². The lowest BCUT2D eigenvalue weighted by Crippen LogP contribution is -2.44. The molecule has 2 heterocycles. The molecule has 0 saturated carbocycles. The molecule has 0 aliphatic carbocycles. The summed E-state index contributed by atoms with van der Waals surface area (Å²) in [5.41, 5.74) is -0.162. The Balaban J connectivity index is 1.95. The van der Waals surface area contributed by atoms with Gasteiger partial charge in [0.05, 0.1) is 5.75 Å². The number of benzene rings is 1. The van der Waals surface area contributed by atoms with Crippen molar-refractivity contribution in [3.05, 3.63) is 58.7 Å². The van der Waals surface area contributed by atoms with Crippen LogP contribution in [0.4, 0.5) is 5.82 Å². The molecule has 114 valence electrons. The van der Waals surface area contributed by atoms with E-state index in [-0.39, 0.29) is 0 Å². The Kier molecular flexibility index (Phi) is 4.52. The van der Waals surface area contributed by atoms with E-state index in [0.29, 0.717) is 18.1 Å². The van der Waals surface area contributed by atoms with E-state index in [9.17, 15) is 5.11 Å². The second-order valence-corrected chi connectivity index (χ2v) is 6.80. The second kappa shape index (κ2) is 6.40. The van der Waals surface area contributed by atoms with E-state index in [1.807, 2.05) is 54.3 Å². The van der Waals surface area contributed by atoms with Crippen LogP contribution in [-0.4, -0.2) is 32.5 Å². The summed E-state index contributed by atoms with van der Waals surface area (Å²) >= 11 is 4.98. The van der Waals surface area contributed by atoms with Crippen LogP contribution in [0.3, 0.4) is 0 Å². The Morgan fingerprint density at radius 3 is 2.73 bits per heavy atom. The average molecular weight is 378 g/mol. The van der Waals surface area contributed by atoms with Gasteiger partial charge in [0.1, 0.15) is 0 Å². The third kappa shape index (κ3) is 2.91. The minimum absolute atomic E-state index is 0.550. The molecule has 6 heteroatoms. The summed E-state index contributed by atoms with van der Waals surface area (Å²) in [7, 11) is 0. The summed E-state index contributed by atoms with van der Waals surface area (Å²) in [6.45, 7) is 2.69. The first-order valence-electron chi connectivity index (χ1n) is 7.02. The summed E-state index contributed by atoms with van der Waals surface area (Å²) in [5, 5.41) is 11.9. The molecule has 1 aliphatic heterocycles. The predicted molar refractivity (Wildman–Crippen MR) is 94.2 cm³/mol. The number of amidine groups is 1. The Morgan fingerprint density at radius 1 is 1.32 bits per heavy atom. The van der Waals surface area contributed by atoms with Gasteiger partial charge in [-0.3, -0.25) is 0 Å². The lowest BCUT2D eigenvalue weighted by atomic mass is 10.0. The number of pyridine rings is 1. The van der Waals surface area contributed by atoms with Crippen molar-refractivity contribution < 1.29 is 5.11 Å². The van der Waals surface area contributed by atoms with Gasteiger partial charge in [-0.05, 0) is 31.2 Å². The normalized spacial score (nSPS) is 23.2. The highest BCUT2D eigenvalue weighted by Gasteiger charge is 2.44. The van der Waals surface area contributed by atoms with Crippen LogP contribution in [0.1, 0.15) is 12.5 Å². The van der Waals surface area contributed by atoms with Crippen molar-refractivity contribution in [3.63, 3.8) is 0 Å². The molecule has 0 bridgehead atoms. The third-order valence-electron chi connectivity index (χ3n) is 3.56. The standard InChI is InChI=1S/C16H16BrN3OS/c1-2-20-15(19-14-5-3-4-10-18-14)22-11-16(20,21)12-6-8-13(17)9-7-12/h3-10,21H,2,11H2,1H3. The van der Waals surface area contributed by atoms with Gasteiger partial charge in [-0.2, -0.15) is 0 Å². The average Bonchev–Trinajstić information content (AvgIpc) is 2.86. The number of nitrogens with zero attached hydrogens (tertiary/aromatic N) is 3. The van der Waals surface area contributed by atoms with Crippen LogP contribution in [0.25, 0.3) is 0 Å². The van der Waals surface area contributed by atoms with Crippen LogP contribution >= 0.6 is 27.7 Å². The lowest BCUT2D eigenvalue weighted by Gasteiger charge is -2.33. The number of aromatic nitrogens is 1. The SMILES string of the molecule is CCN1C(=Nc2ccccn2)SCC1(O)c1ccc(Br)cc1. The van der Waals surface area contributed by atoms with Crippen molar-refractivity contribution in [2.45, 2.75) is 12.6 Å². The zero-order valence-corrected chi connectivity index (χ0v) is 14.5. The summed E-state index contributed by atoms with van der Waals surface area (Å²) in [5.74, 6) is 1.21. The predicted octanol–water partition coefficient (Wildman–Crippen LogP) is 3.75. The maximum Gasteiger partial charge on any atom is 0.175 e. The molecular formula is C16H16BrN3OS. The first-order valence-corrected chi connectivity index (χ1v) is 8.80. The molecule has 1 fully saturated rings. The van der Waals surface area contributed by atoms with Crippen LogP contribution in [0, 0.1) is 0 Å². The molecular weight excluding hydrogens is 362 g/mol. The molecule has 2 aromatic rings. The molecule has 3 rings (SSSR count). The summed E-state index contributed by atoms with van der Waals surface area (Å²) < 4.78 is 0.996. The maximum absolute atomic E-state index is 11.2. The first-order chi connectivity index (χ1) is 10.6. The van der Waals surface area contributed by atoms with E-state index < -0.39 is 5.72 Å². The highest BCUT2D eigenvalue weighted by molar-refractivity contribution is 9.10. The zero-order chi connectivity index (χ0) is 15.6. The lowest BCUT2D eigenvalue weighted by molar-refractivity contribution is -0.0452. The van der Waals surface area contributed by atoms with Gasteiger partial charge in [0, 0.05) is 22.8 Å². The van der Waals surface area contributed by atoms with Gasteiger partial charge in [-0.25, -0.2) is 9.98 Å². The molecule has 0 amide bonds. The van der Waals surface area contributed by atoms with Gasteiger partial charge in [-0.15, -0.1) is 0 Å². The van der Waals surface area contributed by atoms with Gasteiger partial charge in [-0.1, -0.05) is 45.9 Å². The monoisotopic (exact) mass is 377 g/mol. The van der Waals surface area contributed by atoms with E-state index in [0.717, 1.165) is 15.2 Å². The van der Waals surface area contributed by atoms with Gasteiger partial charge < -0.3 is 10.0 Å². The van der Waals surface area contributed by atoms with E-state index in [4.69, 9.17) is 0 Å². The number of hydrogen-bond donors (Lipinski definition) is 1. The van der Waals surface area contributed by atoms with Gasteiger partial charge in [0.15, 0.2) is 16.7 Å². The van der Waals surface area contributed by atoms with Gasteiger partial charge in [0.2, 0.25) is 0 Å². The third-order valence-corrected chi connectivity index (χ3v) is 5.21. The quantitative estimate of drug-likeness (QED) is 0.884. The van der Waals surface area contributed by atoms with Gasteiger partial charge >= 0.3 is 0 Å². The Hall–Kier alpha value is -1.37. The van der Waals surface area contributed by atoms with Crippen molar-refractivity contribution in [1.29, 1.82) is 0 Å².